The number of carbonyl (C=O) groups excluding carboxylic acids is 1. The fraction of sp³-hybridized carbons (Fsp3) is 0.970. The van der Waals surface area contributed by atoms with Crippen molar-refractivity contribution in [3.8, 4) is 0 Å². The summed E-state index contributed by atoms with van der Waals surface area (Å²) in [6, 6.07) is 0. The maximum absolute atomic E-state index is 13.7. The van der Waals surface area contributed by atoms with Crippen molar-refractivity contribution in [2.75, 3.05) is 11.9 Å². The molecule has 0 heterocycles. The van der Waals surface area contributed by atoms with Crippen LogP contribution in [-0.4, -0.2) is 28.6 Å². The Morgan fingerprint density at radius 3 is 2.22 bits per heavy atom. The van der Waals surface area contributed by atoms with Gasteiger partial charge in [-0.2, -0.15) is 0 Å². The average Bonchev–Trinajstić information content (AvgIpc) is 2.83. The summed E-state index contributed by atoms with van der Waals surface area (Å²) in [7, 11) is 0. The Labute approximate surface area is 235 Å². The minimum atomic E-state index is -1.40. The lowest BCUT2D eigenvalue weighted by atomic mass is 9.30. The number of aliphatic hydroxyl groups is 1. The first-order valence-electron chi connectivity index (χ1n) is 15.6. The minimum absolute atomic E-state index is 0.119. The molecule has 5 saturated carbocycles. The van der Waals surface area contributed by atoms with Gasteiger partial charge in [-0.25, -0.2) is 4.79 Å². The Morgan fingerprint density at radius 2 is 1.54 bits per heavy atom. The highest BCUT2D eigenvalue weighted by molar-refractivity contribution is 9.09. The second-order valence-corrected chi connectivity index (χ2v) is 17.0. The van der Waals surface area contributed by atoms with Gasteiger partial charge in [-0.3, -0.25) is 0 Å². The Hall–Kier alpha value is -0.0900. The molecule has 4 heteroatoms. The van der Waals surface area contributed by atoms with E-state index in [0.717, 1.165) is 42.9 Å². The van der Waals surface area contributed by atoms with E-state index in [9.17, 15) is 9.90 Å². The molecule has 0 aromatic rings. The molecule has 5 fully saturated rings. The first-order chi connectivity index (χ1) is 17.1. The van der Waals surface area contributed by atoms with Crippen molar-refractivity contribution in [1.29, 1.82) is 0 Å². The highest BCUT2D eigenvalue weighted by Gasteiger charge is 2.75. The van der Waals surface area contributed by atoms with E-state index in [1.54, 1.807) is 0 Å². The summed E-state index contributed by atoms with van der Waals surface area (Å²) < 4.78 is 5.73. The topological polar surface area (TPSA) is 46.5 Å². The number of alkyl halides is 1. The molecule has 5 aliphatic rings. The van der Waals surface area contributed by atoms with E-state index >= 15 is 0 Å². The van der Waals surface area contributed by atoms with Gasteiger partial charge >= 0.3 is 5.97 Å². The molecule has 5 aliphatic carbocycles. The number of ether oxygens (including phenoxy) is 1. The van der Waals surface area contributed by atoms with Gasteiger partial charge in [0, 0.05) is 10.7 Å². The number of halogens is 1. The van der Waals surface area contributed by atoms with E-state index in [-0.39, 0.29) is 22.2 Å². The van der Waals surface area contributed by atoms with Gasteiger partial charge in [-0.15, -0.1) is 0 Å². The van der Waals surface area contributed by atoms with Crippen LogP contribution in [0, 0.1) is 62.6 Å². The molecule has 3 nitrogen and oxygen atoms in total. The van der Waals surface area contributed by atoms with E-state index in [4.69, 9.17) is 4.74 Å². The van der Waals surface area contributed by atoms with E-state index in [1.165, 1.54) is 38.5 Å². The zero-order chi connectivity index (χ0) is 27.2. The minimum Gasteiger partial charge on any atom is -0.463 e. The quantitative estimate of drug-likeness (QED) is 0.270. The number of esters is 1. The number of hydrogen-bond acceptors (Lipinski definition) is 3. The molecule has 212 valence electrons. The van der Waals surface area contributed by atoms with E-state index in [2.05, 4.69) is 71.3 Å². The third-order valence-electron chi connectivity index (χ3n) is 14.8. The third kappa shape index (κ3) is 3.61. The van der Waals surface area contributed by atoms with Crippen molar-refractivity contribution >= 4 is 21.9 Å². The average molecular weight is 580 g/mol. The maximum atomic E-state index is 13.7. The van der Waals surface area contributed by atoms with Crippen LogP contribution in [0.5, 0.6) is 0 Å². The molecule has 0 aliphatic heterocycles. The van der Waals surface area contributed by atoms with Crippen LogP contribution in [0.1, 0.15) is 120 Å². The summed E-state index contributed by atoms with van der Waals surface area (Å²) in [6.07, 6.45) is 11.6. The van der Waals surface area contributed by atoms with Gasteiger partial charge < -0.3 is 9.84 Å². The van der Waals surface area contributed by atoms with Crippen molar-refractivity contribution in [2.24, 2.45) is 62.6 Å². The smallest absolute Gasteiger partial charge is 0.338 e. The zero-order valence-corrected chi connectivity index (χ0v) is 26.7. The highest BCUT2D eigenvalue weighted by Crippen LogP contribution is 2.78. The van der Waals surface area contributed by atoms with Gasteiger partial charge in [-0.05, 0) is 121 Å². The van der Waals surface area contributed by atoms with Crippen LogP contribution < -0.4 is 0 Å². The maximum Gasteiger partial charge on any atom is 0.338 e. The number of fused-ring (bicyclic) bond motifs is 7. The summed E-state index contributed by atoms with van der Waals surface area (Å²) in [4.78, 5) is 13.7. The Morgan fingerprint density at radius 1 is 0.838 bits per heavy atom. The fourth-order valence-corrected chi connectivity index (χ4v) is 12.4. The van der Waals surface area contributed by atoms with Crippen LogP contribution in [-0.2, 0) is 9.53 Å². The van der Waals surface area contributed by atoms with Gasteiger partial charge in [-0.1, -0.05) is 71.3 Å². The number of hydrogen-bond donors (Lipinski definition) is 1. The summed E-state index contributed by atoms with van der Waals surface area (Å²) in [5.41, 5.74) is -0.893. The molecular weight excluding hydrogens is 524 g/mol. The standard InChI is InChI=1S/C33H55BrO3/c1-21-11-13-29(5)16-17-30(6)23(26(29)22(21)2)9-10-25-31(30,7)14-12-24-28(3,4)15-18-33(36,32(24,25)8)27(35)37-20-19-34/h21-26,36H,9-20H2,1-8H3/t21-,22+,23-,24+,25+,26+,29-,30-,31-,32+,33?/m1/s1. The van der Waals surface area contributed by atoms with E-state index in [1.807, 2.05) is 0 Å². The van der Waals surface area contributed by atoms with Crippen molar-refractivity contribution < 1.29 is 14.6 Å². The van der Waals surface area contributed by atoms with Crippen molar-refractivity contribution in [2.45, 2.75) is 125 Å². The Kier molecular flexibility index (Phi) is 6.88. The molecular formula is C33H55BrO3. The summed E-state index contributed by atoms with van der Waals surface area (Å²) >= 11 is 3.41. The van der Waals surface area contributed by atoms with Crippen LogP contribution >= 0.6 is 15.9 Å². The molecule has 1 unspecified atom stereocenters. The molecule has 11 atom stereocenters. The van der Waals surface area contributed by atoms with Crippen molar-refractivity contribution in [3.05, 3.63) is 0 Å². The van der Waals surface area contributed by atoms with Crippen molar-refractivity contribution in [1.82, 2.24) is 0 Å². The predicted molar refractivity (Wildman–Crippen MR) is 154 cm³/mol. The Bertz CT molecular complexity index is 917. The fourth-order valence-electron chi connectivity index (χ4n) is 12.2. The highest BCUT2D eigenvalue weighted by atomic mass is 79.9. The van der Waals surface area contributed by atoms with Crippen LogP contribution in [0.25, 0.3) is 0 Å². The normalized spacial score (nSPS) is 54.8. The van der Waals surface area contributed by atoms with Crippen LogP contribution in [0.3, 0.4) is 0 Å². The first kappa shape index (κ1) is 28.4. The van der Waals surface area contributed by atoms with Gasteiger partial charge in [0.05, 0.1) is 0 Å². The lowest BCUT2D eigenvalue weighted by molar-refractivity contribution is -0.291. The van der Waals surface area contributed by atoms with Crippen LogP contribution in [0.15, 0.2) is 0 Å². The molecule has 0 spiro atoms. The predicted octanol–water partition coefficient (Wildman–Crippen LogP) is 8.41. The van der Waals surface area contributed by atoms with Crippen LogP contribution in [0.4, 0.5) is 0 Å². The first-order valence-corrected chi connectivity index (χ1v) is 16.7. The zero-order valence-electron chi connectivity index (χ0n) is 25.1. The van der Waals surface area contributed by atoms with E-state index in [0.29, 0.717) is 35.6 Å². The number of carbonyl (C=O) groups is 1. The van der Waals surface area contributed by atoms with Gasteiger partial charge in [0.2, 0.25) is 0 Å². The van der Waals surface area contributed by atoms with Crippen LogP contribution in [0.2, 0.25) is 0 Å². The summed E-state index contributed by atoms with van der Waals surface area (Å²) in [6.45, 7) is 20.4. The molecule has 0 radical (unpaired) electrons. The molecule has 0 aromatic heterocycles. The number of rotatable bonds is 3. The molecule has 37 heavy (non-hydrogen) atoms. The summed E-state index contributed by atoms with van der Waals surface area (Å²) in [5.74, 6) is 3.43. The lowest BCUT2D eigenvalue weighted by Gasteiger charge is -2.75. The lowest BCUT2D eigenvalue weighted by Crippen LogP contribution is -2.73. The third-order valence-corrected chi connectivity index (χ3v) is 15.1. The van der Waals surface area contributed by atoms with Crippen molar-refractivity contribution in [3.63, 3.8) is 0 Å². The molecule has 1 N–H and O–H groups in total. The largest absolute Gasteiger partial charge is 0.463 e. The molecule has 0 bridgehead atoms. The molecule has 0 amide bonds. The van der Waals surface area contributed by atoms with Gasteiger partial charge in [0.1, 0.15) is 6.61 Å². The molecule has 5 rings (SSSR count). The van der Waals surface area contributed by atoms with E-state index < -0.39 is 11.0 Å². The second-order valence-electron chi connectivity index (χ2n) is 16.2. The van der Waals surface area contributed by atoms with Gasteiger partial charge in [0.15, 0.2) is 5.60 Å². The SMILES string of the molecule is C[C@@H]1[C@H]2[C@H]3CC[C@@H]4[C@]5(C)[C@@H](CC[C@@]4(C)[C@]3(C)CC[C@@]2(C)CC[C@H]1C)C(C)(C)CCC5(O)C(=O)OCCBr. The second kappa shape index (κ2) is 8.95. The molecule has 0 saturated heterocycles. The Balaban J connectivity index is 1.59. The van der Waals surface area contributed by atoms with Gasteiger partial charge in [0.25, 0.3) is 0 Å². The summed E-state index contributed by atoms with van der Waals surface area (Å²) in [5, 5.41) is 13.1. The molecule has 0 aromatic carbocycles. The monoisotopic (exact) mass is 578 g/mol.